The molecule has 0 fully saturated rings. The molecule has 3 aromatic rings. The number of rotatable bonds is 11. The van der Waals surface area contributed by atoms with E-state index in [4.69, 9.17) is 25.8 Å². The van der Waals surface area contributed by atoms with E-state index in [-0.39, 0.29) is 0 Å². The van der Waals surface area contributed by atoms with Crippen molar-refractivity contribution in [1.29, 1.82) is 0 Å². The van der Waals surface area contributed by atoms with Crippen LogP contribution in [0.25, 0.3) is 10.6 Å². The standard InChI is InChI=1S/C28H32ClNO3.C2H6/c1-5-30(6-2)19-20-33-26-17-9-22(10-18-26)27(21-7-13-24(31-3)14-8-21)28(29)23-11-15-25(32-4)16-12-23;1-2/h7-18H,5-6,19-20H2,1-4H3;1-2H3/b28-27+;. The fourth-order valence-electron chi connectivity index (χ4n) is 3.61. The van der Waals surface area contributed by atoms with Gasteiger partial charge in [0, 0.05) is 12.1 Å². The van der Waals surface area contributed by atoms with E-state index in [1.807, 2.05) is 74.5 Å². The highest BCUT2D eigenvalue weighted by molar-refractivity contribution is 6.53. The van der Waals surface area contributed by atoms with Gasteiger partial charge in [0.15, 0.2) is 0 Å². The molecule has 0 bridgehead atoms. The SMILES string of the molecule is CC.CCN(CC)CCOc1ccc(/C(=C(/Cl)c2ccc(OC)cc2)c2ccc(OC)cc2)cc1. The predicted molar refractivity (Wildman–Crippen MR) is 149 cm³/mol. The summed E-state index contributed by atoms with van der Waals surface area (Å²) in [6.45, 7) is 12.0. The molecule has 5 heteroatoms. The van der Waals surface area contributed by atoms with Gasteiger partial charge in [0.25, 0.3) is 0 Å². The number of benzene rings is 3. The first kappa shape index (κ1) is 28.3. The fourth-order valence-corrected chi connectivity index (χ4v) is 3.95. The molecule has 3 rings (SSSR count). The van der Waals surface area contributed by atoms with Crippen LogP contribution in [0.4, 0.5) is 0 Å². The van der Waals surface area contributed by atoms with Crippen LogP contribution in [-0.2, 0) is 0 Å². The molecule has 0 heterocycles. The van der Waals surface area contributed by atoms with Gasteiger partial charge >= 0.3 is 0 Å². The maximum absolute atomic E-state index is 6.97. The largest absolute Gasteiger partial charge is 0.497 e. The molecule has 0 aliphatic heterocycles. The Hall–Kier alpha value is -2.95. The van der Waals surface area contributed by atoms with Gasteiger partial charge < -0.3 is 19.1 Å². The molecule has 0 aliphatic carbocycles. The lowest BCUT2D eigenvalue weighted by Crippen LogP contribution is -2.27. The summed E-state index contributed by atoms with van der Waals surface area (Å²) in [5.74, 6) is 2.44. The lowest BCUT2D eigenvalue weighted by molar-refractivity contribution is 0.223. The summed E-state index contributed by atoms with van der Waals surface area (Å²) < 4.78 is 16.6. The van der Waals surface area contributed by atoms with Crippen LogP contribution in [0.15, 0.2) is 72.8 Å². The molecule has 0 N–H and O–H groups in total. The summed E-state index contributed by atoms with van der Waals surface area (Å²) in [6.07, 6.45) is 0. The number of methoxy groups -OCH3 is 2. The van der Waals surface area contributed by atoms with Gasteiger partial charge in [-0.2, -0.15) is 0 Å². The van der Waals surface area contributed by atoms with Gasteiger partial charge in [0.05, 0.1) is 19.3 Å². The molecule has 0 aromatic heterocycles. The fraction of sp³-hybridized carbons (Fsp3) is 0.333. The van der Waals surface area contributed by atoms with Gasteiger partial charge in [-0.3, -0.25) is 0 Å². The van der Waals surface area contributed by atoms with E-state index in [2.05, 4.69) is 30.9 Å². The highest BCUT2D eigenvalue weighted by atomic mass is 35.5. The third-order valence-electron chi connectivity index (χ3n) is 5.66. The Balaban J connectivity index is 0.00000210. The van der Waals surface area contributed by atoms with Crippen LogP contribution in [0.2, 0.25) is 0 Å². The van der Waals surface area contributed by atoms with E-state index in [9.17, 15) is 0 Å². The van der Waals surface area contributed by atoms with Gasteiger partial charge in [0.2, 0.25) is 0 Å². The quantitative estimate of drug-likeness (QED) is 0.256. The summed E-state index contributed by atoms with van der Waals surface area (Å²) in [7, 11) is 3.32. The van der Waals surface area contributed by atoms with Crippen LogP contribution in [0.3, 0.4) is 0 Å². The first-order chi connectivity index (χ1) is 17.1. The lowest BCUT2D eigenvalue weighted by Gasteiger charge is -2.18. The monoisotopic (exact) mass is 495 g/mol. The molecule has 0 aliphatic rings. The smallest absolute Gasteiger partial charge is 0.119 e. The Bertz CT molecular complexity index is 1020. The van der Waals surface area contributed by atoms with E-state index in [1.165, 1.54) is 0 Å². The van der Waals surface area contributed by atoms with Gasteiger partial charge in [-0.25, -0.2) is 0 Å². The van der Waals surface area contributed by atoms with Crippen LogP contribution >= 0.6 is 11.6 Å². The molecular weight excluding hydrogens is 458 g/mol. The van der Waals surface area contributed by atoms with Crippen molar-refractivity contribution >= 4 is 22.2 Å². The van der Waals surface area contributed by atoms with Gasteiger partial charge in [-0.05, 0) is 78.3 Å². The summed E-state index contributed by atoms with van der Waals surface area (Å²) in [5.41, 5.74) is 3.88. The number of halogens is 1. The van der Waals surface area contributed by atoms with Crippen LogP contribution in [0.5, 0.6) is 17.2 Å². The first-order valence-electron chi connectivity index (χ1n) is 12.2. The van der Waals surface area contributed by atoms with Crippen molar-refractivity contribution < 1.29 is 14.2 Å². The number of likely N-dealkylation sites (N-methyl/N-ethyl adjacent to an activating group) is 1. The topological polar surface area (TPSA) is 30.9 Å². The number of hydrogen-bond donors (Lipinski definition) is 0. The summed E-state index contributed by atoms with van der Waals surface area (Å²) >= 11 is 6.97. The molecule has 3 aromatic carbocycles. The minimum absolute atomic E-state index is 0.662. The van der Waals surface area contributed by atoms with E-state index in [1.54, 1.807) is 14.2 Å². The average molecular weight is 496 g/mol. The highest BCUT2D eigenvalue weighted by Gasteiger charge is 2.14. The molecule has 0 atom stereocenters. The molecule has 188 valence electrons. The van der Waals surface area contributed by atoms with E-state index >= 15 is 0 Å². The Morgan fingerprint density at radius 3 is 1.46 bits per heavy atom. The maximum atomic E-state index is 6.97. The molecule has 35 heavy (non-hydrogen) atoms. The van der Waals surface area contributed by atoms with Gasteiger partial charge in [-0.15, -0.1) is 0 Å². The van der Waals surface area contributed by atoms with Crippen molar-refractivity contribution in [1.82, 2.24) is 4.90 Å². The Kier molecular flexibility index (Phi) is 12.2. The lowest BCUT2D eigenvalue weighted by atomic mass is 9.95. The van der Waals surface area contributed by atoms with E-state index in [0.717, 1.165) is 59.1 Å². The summed E-state index contributed by atoms with van der Waals surface area (Å²) in [6, 6.07) is 23.8. The zero-order valence-corrected chi connectivity index (χ0v) is 22.6. The molecule has 0 amide bonds. The normalized spacial score (nSPS) is 11.3. The van der Waals surface area contributed by atoms with E-state index in [0.29, 0.717) is 11.6 Å². The third-order valence-corrected chi connectivity index (χ3v) is 6.06. The minimum Gasteiger partial charge on any atom is -0.497 e. The molecular formula is C30H38ClNO3. The molecule has 0 radical (unpaired) electrons. The van der Waals surface area contributed by atoms with Gasteiger partial charge in [0.1, 0.15) is 23.9 Å². The van der Waals surface area contributed by atoms with Crippen molar-refractivity contribution in [3.63, 3.8) is 0 Å². The van der Waals surface area contributed by atoms with Crippen molar-refractivity contribution in [3.05, 3.63) is 89.5 Å². The second-order valence-electron chi connectivity index (χ2n) is 7.55. The molecule has 0 saturated carbocycles. The second-order valence-corrected chi connectivity index (χ2v) is 7.92. The molecule has 0 unspecified atom stereocenters. The molecule has 0 saturated heterocycles. The minimum atomic E-state index is 0.662. The van der Waals surface area contributed by atoms with Crippen molar-refractivity contribution in [2.45, 2.75) is 27.7 Å². The Labute approximate surface area is 216 Å². The van der Waals surface area contributed by atoms with Crippen LogP contribution in [0, 0.1) is 0 Å². The van der Waals surface area contributed by atoms with E-state index < -0.39 is 0 Å². The summed E-state index contributed by atoms with van der Waals surface area (Å²) in [5, 5.41) is 0.665. The van der Waals surface area contributed by atoms with Crippen LogP contribution in [-0.4, -0.2) is 45.4 Å². The van der Waals surface area contributed by atoms with Crippen LogP contribution in [0.1, 0.15) is 44.4 Å². The number of nitrogens with zero attached hydrogens (tertiary/aromatic N) is 1. The first-order valence-corrected chi connectivity index (χ1v) is 12.6. The average Bonchev–Trinajstić information content (AvgIpc) is 2.93. The number of ether oxygens (including phenoxy) is 3. The highest BCUT2D eigenvalue weighted by Crippen LogP contribution is 2.36. The van der Waals surface area contributed by atoms with Crippen molar-refractivity contribution in [2.75, 3.05) is 40.5 Å². The predicted octanol–water partition coefficient (Wildman–Crippen LogP) is 7.61. The van der Waals surface area contributed by atoms with Gasteiger partial charge in [-0.1, -0.05) is 63.6 Å². The molecule has 4 nitrogen and oxygen atoms in total. The van der Waals surface area contributed by atoms with Crippen molar-refractivity contribution in [3.8, 4) is 17.2 Å². The third kappa shape index (κ3) is 8.05. The van der Waals surface area contributed by atoms with Crippen LogP contribution < -0.4 is 14.2 Å². The maximum Gasteiger partial charge on any atom is 0.119 e. The second kappa shape index (κ2) is 15.1. The Morgan fingerprint density at radius 2 is 1.06 bits per heavy atom. The zero-order valence-electron chi connectivity index (χ0n) is 21.8. The number of hydrogen-bond acceptors (Lipinski definition) is 4. The van der Waals surface area contributed by atoms with Crippen molar-refractivity contribution in [2.24, 2.45) is 0 Å². The molecule has 0 spiro atoms. The Morgan fingerprint density at radius 1 is 0.657 bits per heavy atom. The summed E-state index contributed by atoms with van der Waals surface area (Å²) in [4.78, 5) is 2.34. The zero-order chi connectivity index (χ0) is 25.6.